The fraction of sp³-hybridized carbons (Fsp3) is 0.471. The normalized spacial score (nSPS) is 24.5. The summed E-state index contributed by atoms with van der Waals surface area (Å²) in [5.41, 5.74) is 0.844. The molecule has 0 bridgehead atoms. The van der Waals surface area contributed by atoms with E-state index in [2.05, 4.69) is 10.6 Å². The van der Waals surface area contributed by atoms with E-state index in [0.717, 1.165) is 10.5 Å². The van der Waals surface area contributed by atoms with E-state index in [0.29, 0.717) is 6.42 Å². The maximum atomic E-state index is 12.4. The Morgan fingerprint density at radius 2 is 1.96 bits per heavy atom. The predicted octanol–water partition coefficient (Wildman–Crippen LogP) is 0.191. The van der Waals surface area contributed by atoms with Crippen molar-refractivity contribution in [2.45, 2.75) is 37.9 Å². The van der Waals surface area contributed by atoms with Crippen molar-refractivity contribution in [1.82, 2.24) is 15.5 Å². The lowest BCUT2D eigenvalue weighted by Crippen LogP contribution is -2.37. The van der Waals surface area contributed by atoms with E-state index < -0.39 is 21.9 Å². The second-order valence-electron chi connectivity index (χ2n) is 6.62. The smallest absolute Gasteiger partial charge is 0.325 e. The van der Waals surface area contributed by atoms with Crippen molar-refractivity contribution in [1.29, 1.82) is 0 Å². The molecule has 2 heterocycles. The molecular formula is C17H21N3O5S. The number of urea groups is 1. The number of benzene rings is 1. The van der Waals surface area contributed by atoms with Crippen molar-refractivity contribution in [3.8, 4) is 0 Å². The number of nitrogens with one attached hydrogen (secondary N) is 2. The summed E-state index contributed by atoms with van der Waals surface area (Å²) >= 11 is 0. The number of hydrogen-bond donors (Lipinski definition) is 2. The van der Waals surface area contributed by atoms with Crippen LogP contribution >= 0.6 is 0 Å². The van der Waals surface area contributed by atoms with E-state index in [1.54, 1.807) is 0 Å². The summed E-state index contributed by atoms with van der Waals surface area (Å²) in [5, 5.41) is 5.28. The van der Waals surface area contributed by atoms with Gasteiger partial charge in [-0.3, -0.25) is 14.5 Å². The van der Waals surface area contributed by atoms with Crippen molar-refractivity contribution in [2.24, 2.45) is 0 Å². The maximum Gasteiger partial charge on any atom is 0.325 e. The van der Waals surface area contributed by atoms with E-state index >= 15 is 0 Å². The van der Waals surface area contributed by atoms with Gasteiger partial charge in [-0.2, -0.15) is 0 Å². The van der Waals surface area contributed by atoms with Crippen LogP contribution in [0.15, 0.2) is 30.3 Å². The summed E-state index contributed by atoms with van der Waals surface area (Å²) in [5.74, 6) is -0.613. The van der Waals surface area contributed by atoms with Gasteiger partial charge in [0.25, 0.3) is 5.91 Å². The van der Waals surface area contributed by atoms with Crippen molar-refractivity contribution in [3.63, 3.8) is 0 Å². The first kappa shape index (κ1) is 18.4. The van der Waals surface area contributed by atoms with Crippen LogP contribution in [0.25, 0.3) is 0 Å². The zero-order chi connectivity index (χ0) is 18.7. The second-order valence-corrected chi connectivity index (χ2v) is 8.85. The Morgan fingerprint density at radius 3 is 2.62 bits per heavy atom. The zero-order valence-electron chi connectivity index (χ0n) is 14.2. The van der Waals surface area contributed by atoms with E-state index in [1.165, 1.54) is 0 Å². The molecule has 2 saturated heterocycles. The molecule has 2 atom stereocenters. The van der Waals surface area contributed by atoms with E-state index in [-0.39, 0.29) is 48.7 Å². The van der Waals surface area contributed by atoms with E-state index in [1.807, 2.05) is 30.3 Å². The summed E-state index contributed by atoms with van der Waals surface area (Å²) in [4.78, 5) is 37.5. The Bertz CT molecular complexity index is 809. The maximum absolute atomic E-state index is 12.4. The van der Waals surface area contributed by atoms with E-state index in [9.17, 15) is 22.8 Å². The van der Waals surface area contributed by atoms with Crippen LogP contribution in [-0.2, 0) is 26.0 Å². The van der Waals surface area contributed by atoms with Gasteiger partial charge in [0.2, 0.25) is 5.91 Å². The minimum atomic E-state index is -3.06. The lowest BCUT2D eigenvalue weighted by molar-refractivity contribution is -0.128. The topological polar surface area (TPSA) is 113 Å². The van der Waals surface area contributed by atoms with Crippen LogP contribution in [-0.4, -0.2) is 54.8 Å². The zero-order valence-corrected chi connectivity index (χ0v) is 15.0. The first-order valence-corrected chi connectivity index (χ1v) is 10.3. The number of rotatable bonds is 6. The molecule has 2 fully saturated rings. The third-order valence-corrected chi connectivity index (χ3v) is 6.32. The Balaban J connectivity index is 1.49. The van der Waals surface area contributed by atoms with Gasteiger partial charge in [-0.15, -0.1) is 0 Å². The fourth-order valence-electron chi connectivity index (χ4n) is 3.17. The van der Waals surface area contributed by atoms with Crippen LogP contribution in [0.1, 0.15) is 24.8 Å². The molecule has 0 aromatic heterocycles. The van der Waals surface area contributed by atoms with Gasteiger partial charge >= 0.3 is 6.03 Å². The van der Waals surface area contributed by atoms with Crippen LogP contribution < -0.4 is 10.6 Å². The van der Waals surface area contributed by atoms with Crippen LogP contribution in [0.4, 0.5) is 4.79 Å². The highest BCUT2D eigenvalue weighted by molar-refractivity contribution is 7.91. The van der Waals surface area contributed by atoms with Crippen LogP contribution in [0.2, 0.25) is 0 Å². The van der Waals surface area contributed by atoms with Crippen LogP contribution in [0.5, 0.6) is 0 Å². The molecular weight excluding hydrogens is 358 g/mol. The monoisotopic (exact) mass is 379 g/mol. The van der Waals surface area contributed by atoms with E-state index in [4.69, 9.17) is 0 Å². The Labute approximate surface area is 151 Å². The van der Waals surface area contributed by atoms with Gasteiger partial charge in [-0.25, -0.2) is 13.2 Å². The second kappa shape index (κ2) is 7.45. The minimum absolute atomic E-state index is 0.0390. The molecule has 4 amide bonds. The average molecular weight is 379 g/mol. The number of hydrogen-bond acceptors (Lipinski definition) is 5. The Hall–Kier alpha value is -2.42. The third kappa shape index (κ3) is 4.40. The molecule has 8 nitrogen and oxygen atoms in total. The Morgan fingerprint density at radius 1 is 1.23 bits per heavy atom. The van der Waals surface area contributed by atoms with Crippen molar-refractivity contribution in [3.05, 3.63) is 35.9 Å². The summed E-state index contributed by atoms with van der Waals surface area (Å²) in [7, 11) is -3.06. The molecule has 2 aliphatic heterocycles. The van der Waals surface area contributed by atoms with Crippen LogP contribution in [0, 0.1) is 0 Å². The predicted molar refractivity (Wildman–Crippen MR) is 93.7 cm³/mol. The number of nitrogens with zero attached hydrogens (tertiary/aromatic N) is 1. The van der Waals surface area contributed by atoms with Crippen molar-refractivity contribution >= 4 is 27.7 Å². The molecule has 140 valence electrons. The molecule has 0 spiro atoms. The first-order valence-electron chi connectivity index (χ1n) is 8.50. The quantitative estimate of drug-likeness (QED) is 0.685. The molecule has 1 aromatic rings. The highest BCUT2D eigenvalue weighted by atomic mass is 32.2. The summed E-state index contributed by atoms with van der Waals surface area (Å²) in [6.45, 7) is 0.189. The van der Waals surface area contributed by atoms with Crippen LogP contribution in [0.3, 0.4) is 0 Å². The number of carbonyl (C=O) groups excluding carboxylic acids is 3. The molecule has 2 aliphatic rings. The molecule has 1 aromatic carbocycles. The largest absolute Gasteiger partial charge is 0.352 e. The van der Waals surface area contributed by atoms with Gasteiger partial charge in [0.1, 0.15) is 6.04 Å². The van der Waals surface area contributed by atoms with Gasteiger partial charge < -0.3 is 10.6 Å². The minimum Gasteiger partial charge on any atom is -0.352 e. The van der Waals surface area contributed by atoms with Crippen molar-refractivity contribution < 1.29 is 22.8 Å². The molecule has 0 saturated carbocycles. The number of amides is 4. The summed E-state index contributed by atoms with van der Waals surface area (Å²) in [6, 6.07) is 7.62. The molecule has 2 N–H and O–H groups in total. The Kier molecular flexibility index (Phi) is 5.26. The molecule has 26 heavy (non-hydrogen) atoms. The number of sulfone groups is 1. The first-order chi connectivity index (χ1) is 12.3. The SMILES string of the molecule is O=C(CC[C@@H]1NC(=O)N(Cc2ccccc2)C1=O)N[C@@H]1CCS(=O)(=O)C1. The lowest BCUT2D eigenvalue weighted by atomic mass is 10.1. The third-order valence-electron chi connectivity index (χ3n) is 4.55. The molecule has 9 heteroatoms. The lowest BCUT2D eigenvalue weighted by Gasteiger charge is -2.14. The highest BCUT2D eigenvalue weighted by Gasteiger charge is 2.38. The highest BCUT2D eigenvalue weighted by Crippen LogP contribution is 2.16. The molecule has 3 rings (SSSR count). The molecule has 0 radical (unpaired) electrons. The van der Waals surface area contributed by atoms with Gasteiger partial charge in [0.15, 0.2) is 9.84 Å². The number of imide groups is 1. The average Bonchev–Trinajstić information content (AvgIpc) is 3.07. The molecule has 0 aliphatic carbocycles. The van der Waals surface area contributed by atoms with Gasteiger partial charge in [-0.1, -0.05) is 30.3 Å². The van der Waals surface area contributed by atoms with Gasteiger partial charge in [0, 0.05) is 12.5 Å². The van der Waals surface area contributed by atoms with Crippen molar-refractivity contribution in [2.75, 3.05) is 11.5 Å². The van der Waals surface area contributed by atoms with Gasteiger partial charge in [0.05, 0.1) is 18.1 Å². The fourth-order valence-corrected chi connectivity index (χ4v) is 4.85. The summed E-state index contributed by atoms with van der Waals surface area (Å²) in [6.07, 6.45) is 0.644. The standard InChI is InChI=1S/C17H21N3O5S/c21-15(18-13-8-9-26(24,25)11-13)7-6-14-16(22)20(17(23)19-14)10-12-4-2-1-3-5-12/h1-5,13-14H,6-11H2,(H,18,21)(H,19,23)/t13-,14+/m1/s1. The summed E-state index contributed by atoms with van der Waals surface area (Å²) < 4.78 is 22.8. The van der Waals surface area contributed by atoms with Gasteiger partial charge in [-0.05, 0) is 18.4 Å². The molecule has 0 unspecified atom stereocenters. The number of carbonyl (C=O) groups is 3.